The molecule has 1 aliphatic rings. The molecule has 1 saturated heterocycles. The Morgan fingerprint density at radius 2 is 2.19 bits per heavy atom. The Hall–Kier alpha value is -1.62. The standard InChI is InChI=1S/C16H23FN2O2/c1-11(20)12-5-4-8-19(10-12)16(21)14-7-6-13(18(2)3)9-15(14)17/h6-7,9,11-12,20H,4-5,8,10H2,1-3H3. The van der Waals surface area contributed by atoms with E-state index in [9.17, 15) is 14.3 Å². The number of anilines is 1. The number of carbonyl (C=O) groups excluding carboxylic acids is 1. The number of nitrogens with zero attached hydrogens (tertiary/aromatic N) is 2. The van der Waals surface area contributed by atoms with Crippen molar-refractivity contribution in [3.63, 3.8) is 0 Å². The van der Waals surface area contributed by atoms with Gasteiger partial charge in [-0.1, -0.05) is 0 Å². The Bertz CT molecular complexity index is 517. The van der Waals surface area contributed by atoms with E-state index < -0.39 is 11.9 Å². The largest absolute Gasteiger partial charge is 0.393 e. The van der Waals surface area contributed by atoms with E-state index in [1.165, 1.54) is 6.07 Å². The maximum absolute atomic E-state index is 14.1. The fourth-order valence-electron chi connectivity index (χ4n) is 2.71. The van der Waals surface area contributed by atoms with Gasteiger partial charge in [0.1, 0.15) is 5.82 Å². The van der Waals surface area contributed by atoms with Crippen LogP contribution in [0.2, 0.25) is 0 Å². The van der Waals surface area contributed by atoms with Crippen molar-refractivity contribution in [2.24, 2.45) is 5.92 Å². The van der Waals surface area contributed by atoms with Gasteiger partial charge in [-0.25, -0.2) is 4.39 Å². The third kappa shape index (κ3) is 3.53. The summed E-state index contributed by atoms with van der Waals surface area (Å²) in [6.45, 7) is 2.85. The van der Waals surface area contributed by atoms with E-state index in [1.807, 2.05) is 14.1 Å². The molecule has 1 N–H and O–H groups in total. The minimum Gasteiger partial charge on any atom is -0.393 e. The third-order valence-electron chi connectivity index (χ3n) is 4.13. The van der Waals surface area contributed by atoms with Crippen molar-refractivity contribution < 1.29 is 14.3 Å². The van der Waals surface area contributed by atoms with Crippen LogP contribution in [0.25, 0.3) is 0 Å². The Labute approximate surface area is 125 Å². The second-order valence-electron chi connectivity index (χ2n) is 5.95. The second kappa shape index (κ2) is 6.43. The molecule has 21 heavy (non-hydrogen) atoms. The molecule has 5 heteroatoms. The summed E-state index contributed by atoms with van der Waals surface area (Å²) in [4.78, 5) is 15.9. The van der Waals surface area contributed by atoms with Gasteiger partial charge in [0.15, 0.2) is 0 Å². The van der Waals surface area contributed by atoms with Crippen LogP contribution < -0.4 is 4.90 Å². The molecular formula is C16H23FN2O2. The zero-order valence-electron chi connectivity index (χ0n) is 12.8. The normalized spacial score (nSPS) is 20.2. The maximum atomic E-state index is 14.1. The number of halogens is 1. The van der Waals surface area contributed by atoms with Crippen LogP contribution >= 0.6 is 0 Å². The molecule has 2 rings (SSSR count). The van der Waals surface area contributed by atoms with Gasteiger partial charge in [0.2, 0.25) is 0 Å². The number of benzene rings is 1. The van der Waals surface area contributed by atoms with Gasteiger partial charge in [0.25, 0.3) is 5.91 Å². The quantitative estimate of drug-likeness (QED) is 0.928. The molecule has 2 atom stereocenters. The summed E-state index contributed by atoms with van der Waals surface area (Å²) in [5, 5.41) is 9.68. The molecule has 0 aromatic heterocycles. The Morgan fingerprint density at radius 1 is 1.48 bits per heavy atom. The topological polar surface area (TPSA) is 43.8 Å². The summed E-state index contributed by atoms with van der Waals surface area (Å²) in [6, 6.07) is 4.66. The van der Waals surface area contributed by atoms with Crippen LogP contribution in [-0.2, 0) is 0 Å². The SMILES string of the molecule is CC(O)C1CCCN(C(=O)c2ccc(N(C)C)cc2F)C1. The van der Waals surface area contributed by atoms with E-state index in [2.05, 4.69) is 0 Å². The van der Waals surface area contributed by atoms with E-state index in [1.54, 1.807) is 28.9 Å². The van der Waals surface area contributed by atoms with Crippen LogP contribution in [0.5, 0.6) is 0 Å². The number of hydrogen-bond acceptors (Lipinski definition) is 3. The molecular weight excluding hydrogens is 271 g/mol. The molecule has 0 aliphatic carbocycles. The van der Waals surface area contributed by atoms with Gasteiger partial charge < -0.3 is 14.9 Å². The summed E-state index contributed by atoms with van der Waals surface area (Å²) in [7, 11) is 3.66. The fourth-order valence-corrected chi connectivity index (χ4v) is 2.71. The smallest absolute Gasteiger partial charge is 0.256 e. The molecule has 0 radical (unpaired) electrons. The van der Waals surface area contributed by atoms with Crippen LogP contribution in [-0.4, -0.2) is 49.2 Å². The van der Waals surface area contributed by atoms with E-state index in [-0.39, 0.29) is 17.4 Å². The van der Waals surface area contributed by atoms with Crippen LogP contribution in [0.15, 0.2) is 18.2 Å². The third-order valence-corrected chi connectivity index (χ3v) is 4.13. The van der Waals surface area contributed by atoms with Gasteiger partial charge in [0.05, 0.1) is 11.7 Å². The Balaban J connectivity index is 2.16. The zero-order chi connectivity index (χ0) is 15.6. The lowest BCUT2D eigenvalue weighted by Gasteiger charge is -2.34. The zero-order valence-corrected chi connectivity index (χ0v) is 12.8. The van der Waals surface area contributed by atoms with Gasteiger partial charge in [-0.3, -0.25) is 4.79 Å². The summed E-state index contributed by atoms with van der Waals surface area (Å²) < 4.78 is 14.1. The van der Waals surface area contributed by atoms with Crippen molar-refractivity contribution in [3.8, 4) is 0 Å². The average molecular weight is 294 g/mol. The van der Waals surface area contributed by atoms with Crippen LogP contribution in [0.3, 0.4) is 0 Å². The fraction of sp³-hybridized carbons (Fsp3) is 0.562. The van der Waals surface area contributed by atoms with Gasteiger partial charge in [-0.05, 0) is 38.0 Å². The number of aliphatic hydroxyl groups is 1. The first kappa shape index (κ1) is 15.8. The molecule has 1 heterocycles. The lowest BCUT2D eigenvalue weighted by molar-refractivity contribution is 0.0463. The van der Waals surface area contributed by atoms with Crippen LogP contribution in [0.1, 0.15) is 30.1 Å². The lowest BCUT2D eigenvalue weighted by atomic mass is 9.93. The van der Waals surface area contributed by atoms with Crippen molar-refractivity contribution >= 4 is 11.6 Å². The summed E-state index contributed by atoms with van der Waals surface area (Å²) in [6.07, 6.45) is 1.31. The van der Waals surface area contributed by atoms with Crippen molar-refractivity contribution in [2.45, 2.75) is 25.9 Å². The summed E-state index contributed by atoms with van der Waals surface area (Å²) >= 11 is 0. The highest BCUT2D eigenvalue weighted by atomic mass is 19.1. The number of aliphatic hydroxyl groups excluding tert-OH is 1. The molecule has 116 valence electrons. The number of piperidine rings is 1. The molecule has 1 aromatic carbocycles. The highest BCUT2D eigenvalue weighted by Crippen LogP contribution is 2.23. The first-order chi connectivity index (χ1) is 9.90. The first-order valence-electron chi connectivity index (χ1n) is 7.34. The summed E-state index contributed by atoms with van der Waals surface area (Å²) in [5.74, 6) is -0.708. The Kier molecular flexibility index (Phi) is 4.83. The number of hydrogen-bond donors (Lipinski definition) is 1. The first-order valence-corrected chi connectivity index (χ1v) is 7.34. The van der Waals surface area contributed by atoms with Crippen LogP contribution in [0, 0.1) is 11.7 Å². The Morgan fingerprint density at radius 3 is 2.76 bits per heavy atom. The monoisotopic (exact) mass is 294 g/mol. The van der Waals surface area contributed by atoms with Gasteiger partial charge >= 0.3 is 0 Å². The highest BCUT2D eigenvalue weighted by molar-refractivity contribution is 5.95. The minimum absolute atomic E-state index is 0.0757. The van der Waals surface area contributed by atoms with Gasteiger partial charge in [-0.15, -0.1) is 0 Å². The predicted molar refractivity (Wildman–Crippen MR) is 81.0 cm³/mol. The predicted octanol–water partition coefficient (Wildman–Crippen LogP) is 2.12. The van der Waals surface area contributed by atoms with Crippen molar-refractivity contribution in [1.29, 1.82) is 0 Å². The molecule has 0 saturated carbocycles. The number of carbonyl (C=O) groups is 1. The van der Waals surface area contributed by atoms with Gasteiger partial charge in [-0.2, -0.15) is 0 Å². The lowest BCUT2D eigenvalue weighted by Crippen LogP contribution is -2.43. The van der Waals surface area contributed by atoms with Crippen molar-refractivity contribution in [1.82, 2.24) is 4.90 Å². The molecule has 1 fully saturated rings. The van der Waals surface area contributed by atoms with Crippen LogP contribution in [0.4, 0.5) is 10.1 Å². The molecule has 0 bridgehead atoms. The molecule has 0 spiro atoms. The second-order valence-corrected chi connectivity index (χ2v) is 5.95. The van der Waals surface area contributed by atoms with E-state index in [0.717, 1.165) is 18.5 Å². The molecule has 2 unspecified atom stereocenters. The minimum atomic E-state index is -0.495. The van der Waals surface area contributed by atoms with Gasteiger partial charge in [0, 0.05) is 38.8 Å². The molecule has 4 nitrogen and oxygen atoms in total. The average Bonchev–Trinajstić information content (AvgIpc) is 2.46. The number of likely N-dealkylation sites (tertiary alicyclic amines) is 1. The maximum Gasteiger partial charge on any atom is 0.256 e. The number of rotatable bonds is 3. The number of amides is 1. The van der Waals surface area contributed by atoms with Crippen molar-refractivity contribution in [2.75, 3.05) is 32.1 Å². The molecule has 1 aromatic rings. The van der Waals surface area contributed by atoms with E-state index >= 15 is 0 Å². The molecule has 1 aliphatic heterocycles. The highest BCUT2D eigenvalue weighted by Gasteiger charge is 2.28. The van der Waals surface area contributed by atoms with E-state index in [0.29, 0.717) is 13.1 Å². The van der Waals surface area contributed by atoms with Crippen molar-refractivity contribution in [3.05, 3.63) is 29.6 Å². The van der Waals surface area contributed by atoms with E-state index in [4.69, 9.17) is 0 Å². The summed E-state index contributed by atoms with van der Waals surface area (Å²) in [5.41, 5.74) is 0.830. The molecule has 1 amide bonds.